The summed E-state index contributed by atoms with van der Waals surface area (Å²) in [5.41, 5.74) is 1.03. The van der Waals surface area contributed by atoms with Gasteiger partial charge in [-0.1, -0.05) is 28.1 Å². The summed E-state index contributed by atoms with van der Waals surface area (Å²) < 4.78 is 11.5. The number of rotatable bonds is 4. The first kappa shape index (κ1) is 20.2. The lowest BCUT2D eigenvalue weighted by Gasteiger charge is -2.06. The standard InChI is InChI=1S/C19H11BrINO6/c1-10(23)27-18-15(21)7-11(8-16(18)22(25)26)6-13-9-17(28-19(13)24)12-2-4-14(20)5-3-12/h2-9H,1H3/b13-6+. The highest BCUT2D eigenvalue weighted by molar-refractivity contribution is 14.1. The van der Waals surface area contributed by atoms with Gasteiger partial charge < -0.3 is 9.47 Å². The number of cyclic esters (lactones) is 1. The highest BCUT2D eigenvalue weighted by Crippen LogP contribution is 2.35. The summed E-state index contributed by atoms with van der Waals surface area (Å²) in [6.45, 7) is 1.17. The third-order valence-electron chi connectivity index (χ3n) is 3.66. The molecule has 0 bridgehead atoms. The van der Waals surface area contributed by atoms with Gasteiger partial charge in [0.2, 0.25) is 5.75 Å². The molecule has 0 amide bonds. The van der Waals surface area contributed by atoms with E-state index in [1.165, 1.54) is 19.1 Å². The fourth-order valence-electron chi connectivity index (χ4n) is 2.49. The Labute approximate surface area is 181 Å². The smallest absolute Gasteiger partial charge is 0.343 e. The molecule has 0 aliphatic carbocycles. The number of halogens is 2. The second kappa shape index (κ2) is 8.23. The van der Waals surface area contributed by atoms with E-state index in [2.05, 4.69) is 15.9 Å². The molecule has 28 heavy (non-hydrogen) atoms. The van der Waals surface area contributed by atoms with Crippen molar-refractivity contribution in [3.63, 3.8) is 0 Å². The molecule has 0 aromatic heterocycles. The van der Waals surface area contributed by atoms with Crippen LogP contribution in [0.4, 0.5) is 5.69 Å². The first-order valence-corrected chi connectivity index (χ1v) is 9.69. The molecular weight excluding hydrogens is 545 g/mol. The van der Waals surface area contributed by atoms with Gasteiger partial charge in [0.1, 0.15) is 5.76 Å². The lowest BCUT2D eigenvalue weighted by Crippen LogP contribution is -2.06. The van der Waals surface area contributed by atoms with Crippen molar-refractivity contribution in [2.24, 2.45) is 0 Å². The van der Waals surface area contributed by atoms with E-state index in [-0.39, 0.29) is 17.0 Å². The molecular formula is C19H11BrINO6. The molecule has 0 radical (unpaired) electrons. The molecule has 2 aromatic carbocycles. The summed E-state index contributed by atoms with van der Waals surface area (Å²) >= 11 is 5.18. The van der Waals surface area contributed by atoms with E-state index in [0.29, 0.717) is 14.9 Å². The highest BCUT2D eigenvalue weighted by Gasteiger charge is 2.24. The molecule has 3 rings (SSSR count). The van der Waals surface area contributed by atoms with Crippen LogP contribution in [-0.4, -0.2) is 16.9 Å². The predicted molar refractivity (Wildman–Crippen MR) is 113 cm³/mol. The molecule has 0 unspecified atom stereocenters. The van der Waals surface area contributed by atoms with Crippen LogP contribution >= 0.6 is 38.5 Å². The van der Waals surface area contributed by atoms with Crippen LogP contribution in [0.2, 0.25) is 0 Å². The number of esters is 2. The fraction of sp³-hybridized carbons (Fsp3) is 0.0526. The van der Waals surface area contributed by atoms with E-state index in [1.54, 1.807) is 24.3 Å². The van der Waals surface area contributed by atoms with Crippen LogP contribution in [0.3, 0.4) is 0 Å². The van der Waals surface area contributed by atoms with Crippen LogP contribution in [0.5, 0.6) is 5.75 Å². The number of carbonyl (C=O) groups is 2. The molecule has 0 spiro atoms. The number of ether oxygens (including phenoxy) is 2. The number of hydrogen-bond acceptors (Lipinski definition) is 6. The Hall–Kier alpha value is -2.53. The van der Waals surface area contributed by atoms with Gasteiger partial charge in [-0.25, -0.2) is 4.79 Å². The monoisotopic (exact) mass is 555 g/mol. The summed E-state index contributed by atoms with van der Waals surface area (Å²) in [7, 11) is 0. The second-order valence-corrected chi connectivity index (χ2v) is 7.78. The van der Waals surface area contributed by atoms with Crippen molar-refractivity contribution in [2.75, 3.05) is 0 Å². The van der Waals surface area contributed by atoms with Crippen molar-refractivity contribution in [2.45, 2.75) is 6.92 Å². The van der Waals surface area contributed by atoms with Crippen LogP contribution < -0.4 is 4.74 Å². The summed E-state index contributed by atoms with van der Waals surface area (Å²) in [6.07, 6.45) is 3.06. The van der Waals surface area contributed by atoms with Crippen LogP contribution in [0, 0.1) is 13.7 Å². The summed E-state index contributed by atoms with van der Waals surface area (Å²) in [6, 6.07) is 10.1. The fourth-order valence-corrected chi connectivity index (χ4v) is 3.50. The quantitative estimate of drug-likeness (QED) is 0.133. The molecule has 0 atom stereocenters. The molecule has 0 N–H and O–H groups in total. The van der Waals surface area contributed by atoms with Crippen molar-refractivity contribution < 1.29 is 24.0 Å². The first-order valence-electron chi connectivity index (χ1n) is 7.82. The van der Waals surface area contributed by atoms with E-state index >= 15 is 0 Å². The van der Waals surface area contributed by atoms with Crippen LogP contribution in [0.25, 0.3) is 11.8 Å². The molecule has 1 aliphatic heterocycles. The number of carbonyl (C=O) groups excluding carboxylic acids is 2. The maximum atomic E-state index is 12.2. The van der Waals surface area contributed by atoms with Crippen molar-refractivity contribution in [3.8, 4) is 5.75 Å². The summed E-state index contributed by atoms with van der Waals surface area (Å²) in [5.74, 6) is -0.946. The van der Waals surface area contributed by atoms with Gasteiger partial charge in [-0.05, 0) is 58.5 Å². The van der Waals surface area contributed by atoms with E-state index in [0.717, 1.165) is 10.0 Å². The Balaban J connectivity index is 2.00. The zero-order valence-corrected chi connectivity index (χ0v) is 18.0. The molecule has 9 heteroatoms. The topological polar surface area (TPSA) is 95.7 Å². The highest BCUT2D eigenvalue weighted by atomic mass is 127. The number of nitro groups is 1. The Kier molecular flexibility index (Phi) is 5.94. The van der Waals surface area contributed by atoms with Crippen molar-refractivity contribution in [1.29, 1.82) is 0 Å². The zero-order chi connectivity index (χ0) is 20.4. The summed E-state index contributed by atoms with van der Waals surface area (Å²) in [4.78, 5) is 34.1. The van der Waals surface area contributed by atoms with Gasteiger partial charge in [0, 0.05) is 23.0 Å². The third kappa shape index (κ3) is 4.47. The normalized spacial score (nSPS) is 14.6. The Morgan fingerprint density at radius 1 is 1.29 bits per heavy atom. The molecule has 0 fully saturated rings. The maximum Gasteiger partial charge on any atom is 0.343 e. The number of nitro benzene ring substituents is 1. The van der Waals surface area contributed by atoms with Crippen molar-refractivity contribution in [3.05, 3.63) is 77.3 Å². The number of nitrogens with zero attached hydrogens (tertiary/aromatic N) is 1. The van der Waals surface area contributed by atoms with E-state index < -0.39 is 16.9 Å². The van der Waals surface area contributed by atoms with Gasteiger partial charge in [-0.2, -0.15) is 0 Å². The third-order valence-corrected chi connectivity index (χ3v) is 4.99. The van der Waals surface area contributed by atoms with Gasteiger partial charge in [-0.3, -0.25) is 14.9 Å². The number of hydrogen-bond donors (Lipinski definition) is 0. The molecule has 0 saturated heterocycles. The largest absolute Gasteiger partial charge is 0.422 e. The minimum atomic E-state index is -0.659. The van der Waals surface area contributed by atoms with Gasteiger partial charge in [-0.15, -0.1) is 0 Å². The predicted octanol–water partition coefficient (Wildman–Crippen LogP) is 4.87. The van der Waals surface area contributed by atoms with Crippen LogP contribution in [0.15, 0.2) is 52.5 Å². The molecule has 142 valence electrons. The minimum Gasteiger partial charge on any atom is -0.422 e. The molecule has 2 aromatic rings. The molecule has 1 heterocycles. The van der Waals surface area contributed by atoms with Gasteiger partial charge in [0.15, 0.2) is 0 Å². The Morgan fingerprint density at radius 3 is 2.57 bits per heavy atom. The van der Waals surface area contributed by atoms with Crippen molar-refractivity contribution in [1.82, 2.24) is 0 Å². The Morgan fingerprint density at radius 2 is 1.96 bits per heavy atom. The molecule has 1 aliphatic rings. The zero-order valence-electron chi connectivity index (χ0n) is 14.3. The second-order valence-electron chi connectivity index (χ2n) is 5.71. The lowest BCUT2D eigenvalue weighted by molar-refractivity contribution is -0.385. The first-order chi connectivity index (χ1) is 13.2. The number of benzene rings is 2. The average molecular weight is 556 g/mol. The SMILES string of the molecule is CC(=O)Oc1c(I)cc(/C=C2\C=C(c3ccc(Br)cc3)OC2=O)cc1[N+](=O)[O-]. The summed E-state index contributed by atoms with van der Waals surface area (Å²) in [5, 5.41) is 11.4. The minimum absolute atomic E-state index is 0.125. The molecule has 0 saturated carbocycles. The Bertz CT molecular complexity index is 1060. The van der Waals surface area contributed by atoms with Gasteiger partial charge in [0.05, 0.1) is 14.1 Å². The maximum absolute atomic E-state index is 12.2. The van der Waals surface area contributed by atoms with E-state index in [9.17, 15) is 19.7 Å². The van der Waals surface area contributed by atoms with E-state index in [1.807, 2.05) is 34.7 Å². The lowest BCUT2D eigenvalue weighted by atomic mass is 10.1. The average Bonchev–Trinajstić information content (AvgIpc) is 2.97. The van der Waals surface area contributed by atoms with Gasteiger partial charge >= 0.3 is 17.6 Å². The van der Waals surface area contributed by atoms with Crippen LogP contribution in [0.1, 0.15) is 18.1 Å². The van der Waals surface area contributed by atoms with Gasteiger partial charge in [0.25, 0.3) is 0 Å². The van der Waals surface area contributed by atoms with Crippen LogP contribution in [-0.2, 0) is 14.3 Å². The van der Waals surface area contributed by atoms with E-state index in [4.69, 9.17) is 9.47 Å². The molecule has 7 nitrogen and oxygen atoms in total. The van der Waals surface area contributed by atoms with Crippen molar-refractivity contribution >= 4 is 68.0 Å².